The van der Waals surface area contributed by atoms with Gasteiger partial charge in [-0.15, -0.1) is 11.3 Å². The number of aromatic nitrogens is 1. The Hall–Kier alpha value is -1.94. The molecule has 0 bridgehead atoms. The average molecular weight is 453 g/mol. The Morgan fingerprint density at radius 1 is 0.875 bits per heavy atom. The molecule has 0 unspecified atom stereocenters. The summed E-state index contributed by atoms with van der Waals surface area (Å²) >= 11 is 1.86. The van der Waals surface area contributed by atoms with Gasteiger partial charge in [0.2, 0.25) is 5.36 Å². The van der Waals surface area contributed by atoms with E-state index in [1.807, 2.05) is 11.3 Å². The molecule has 0 radical (unpaired) electrons. The topological polar surface area (TPSA) is 19.1 Å². The second kappa shape index (κ2) is 12.3. The van der Waals surface area contributed by atoms with Gasteiger partial charge in [0.25, 0.3) is 0 Å². The van der Waals surface area contributed by atoms with E-state index < -0.39 is 0 Å². The zero-order valence-corrected chi connectivity index (χ0v) is 21.7. The van der Waals surface area contributed by atoms with Crippen LogP contribution >= 0.6 is 11.3 Å². The Labute approximate surface area is 199 Å². The van der Waals surface area contributed by atoms with Gasteiger partial charge >= 0.3 is 0 Å². The zero-order chi connectivity index (χ0) is 22.9. The van der Waals surface area contributed by atoms with Crippen molar-refractivity contribution < 1.29 is 0 Å². The summed E-state index contributed by atoms with van der Waals surface area (Å²) in [5.41, 5.74) is 4.91. The number of fused-ring (bicyclic) bond motifs is 2. The van der Waals surface area contributed by atoms with E-state index in [2.05, 4.69) is 74.8 Å². The molecule has 1 aromatic rings. The van der Waals surface area contributed by atoms with Gasteiger partial charge in [-0.3, -0.25) is 0 Å². The van der Waals surface area contributed by atoms with E-state index in [0.717, 1.165) is 24.2 Å². The molecule has 0 spiro atoms. The molecule has 0 N–H and O–H groups in total. The standard InChI is InChI=1S/C28H42N3S/c1-6-8-9-10-11-12-13-14-15-16-22-19-25-28(21-26(22)31(5)7-2)32-27-20-23(30(3)4)17-18-24(27)29-25/h17-21H,6-16H2,1-5H3/q+1. The third-order valence-electron chi connectivity index (χ3n) is 6.52. The van der Waals surface area contributed by atoms with Crippen LogP contribution in [0, 0.1) is 0 Å². The molecule has 0 saturated carbocycles. The largest absolute Gasteiger partial charge is 0.378 e. The molecule has 0 saturated heterocycles. The molecule has 2 aliphatic rings. The van der Waals surface area contributed by atoms with Crippen LogP contribution in [0.3, 0.4) is 0 Å². The molecule has 0 aromatic heterocycles. The van der Waals surface area contributed by atoms with Crippen LogP contribution in [0.1, 0.15) is 77.2 Å². The first-order valence-corrected chi connectivity index (χ1v) is 13.4. The van der Waals surface area contributed by atoms with Crippen molar-refractivity contribution in [3.8, 4) is 10.6 Å². The fourth-order valence-electron chi connectivity index (χ4n) is 4.33. The molecule has 3 nitrogen and oxygen atoms in total. The summed E-state index contributed by atoms with van der Waals surface area (Å²) < 4.78 is 3.64. The van der Waals surface area contributed by atoms with Gasteiger partial charge in [-0.05, 0) is 44.0 Å². The molecule has 32 heavy (non-hydrogen) atoms. The summed E-state index contributed by atoms with van der Waals surface area (Å²) in [5.74, 6) is 0. The summed E-state index contributed by atoms with van der Waals surface area (Å²) in [4.78, 5) is 8.46. The van der Waals surface area contributed by atoms with Crippen molar-refractivity contribution >= 4 is 27.2 Å². The lowest BCUT2D eigenvalue weighted by Crippen LogP contribution is -2.29. The quantitative estimate of drug-likeness (QED) is 0.168. The number of hydrogen-bond donors (Lipinski definition) is 0. The van der Waals surface area contributed by atoms with Crippen molar-refractivity contribution in [1.82, 2.24) is 9.56 Å². The van der Waals surface area contributed by atoms with Gasteiger partial charge in [-0.1, -0.05) is 58.3 Å². The monoisotopic (exact) mass is 452 g/mol. The highest BCUT2D eigenvalue weighted by Gasteiger charge is 2.15. The lowest BCUT2D eigenvalue weighted by Gasteiger charge is -2.14. The van der Waals surface area contributed by atoms with Crippen molar-refractivity contribution in [3.63, 3.8) is 0 Å². The number of unbranched alkanes of at least 4 members (excludes halogenated alkanes) is 8. The van der Waals surface area contributed by atoms with Crippen LogP contribution in [0.5, 0.6) is 0 Å². The predicted molar refractivity (Wildman–Crippen MR) is 143 cm³/mol. The number of aryl methyl sites for hydroxylation is 1. The fourth-order valence-corrected chi connectivity index (χ4v) is 5.34. The summed E-state index contributed by atoms with van der Waals surface area (Å²) in [7, 11) is 6.39. The predicted octanol–water partition coefficient (Wildman–Crippen LogP) is 6.96. The van der Waals surface area contributed by atoms with Crippen LogP contribution in [0.4, 0.5) is 5.69 Å². The van der Waals surface area contributed by atoms with E-state index in [4.69, 9.17) is 4.98 Å². The van der Waals surface area contributed by atoms with E-state index in [0.29, 0.717) is 0 Å². The van der Waals surface area contributed by atoms with Gasteiger partial charge in [-0.25, -0.2) is 9.56 Å². The molecule has 0 amide bonds. The second-order valence-corrected chi connectivity index (χ2v) is 10.4. The van der Waals surface area contributed by atoms with Gasteiger partial charge in [0.1, 0.15) is 13.6 Å². The van der Waals surface area contributed by atoms with Gasteiger partial charge in [-0.2, -0.15) is 0 Å². The number of anilines is 1. The molecular formula is C28H42N3S+. The minimum atomic E-state index is 1.02. The summed E-state index contributed by atoms with van der Waals surface area (Å²) in [6.45, 7) is 5.54. The van der Waals surface area contributed by atoms with Gasteiger partial charge in [0.05, 0.1) is 20.8 Å². The molecule has 1 heterocycles. The maximum absolute atomic E-state index is 5.03. The number of benzene rings is 2. The first kappa shape index (κ1) is 24.7. The van der Waals surface area contributed by atoms with Gasteiger partial charge < -0.3 is 4.90 Å². The summed E-state index contributed by atoms with van der Waals surface area (Å²) in [6.07, 6.45) is 13.5. The van der Waals surface area contributed by atoms with Gasteiger partial charge in [0.15, 0.2) is 0 Å². The van der Waals surface area contributed by atoms with E-state index in [1.54, 1.807) is 0 Å². The summed E-state index contributed by atoms with van der Waals surface area (Å²) in [5, 5.41) is 1.38. The molecule has 3 rings (SSSR count). The van der Waals surface area contributed by atoms with Crippen LogP contribution in [0.2, 0.25) is 0 Å². The van der Waals surface area contributed by atoms with E-state index in [9.17, 15) is 0 Å². The Bertz CT molecular complexity index is 1030. The Kier molecular flexibility index (Phi) is 9.52. The van der Waals surface area contributed by atoms with Crippen LogP contribution < -0.4 is 14.8 Å². The van der Waals surface area contributed by atoms with Crippen molar-refractivity contribution in [2.24, 2.45) is 0 Å². The molecular weight excluding hydrogens is 410 g/mol. The Balaban J connectivity index is 1.76. The van der Waals surface area contributed by atoms with Crippen LogP contribution in [0.15, 0.2) is 30.3 Å². The normalized spacial score (nSPS) is 12.5. The fraction of sp³-hybridized carbons (Fsp3) is 0.571. The maximum Gasteiger partial charge on any atom is 0.204 e. The minimum Gasteiger partial charge on any atom is -0.378 e. The second-order valence-electron chi connectivity index (χ2n) is 9.30. The number of hydrogen-bond acceptors (Lipinski definition) is 3. The van der Waals surface area contributed by atoms with Crippen LogP contribution in [-0.2, 0) is 6.42 Å². The van der Waals surface area contributed by atoms with Gasteiger partial charge in [0, 0.05) is 31.4 Å². The Morgan fingerprint density at radius 3 is 2.22 bits per heavy atom. The smallest absolute Gasteiger partial charge is 0.204 e. The highest BCUT2D eigenvalue weighted by molar-refractivity contribution is 7.21. The number of nitrogens with zero attached hydrogens (tertiary/aromatic N) is 3. The molecule has 1 aromatic carbocycles. The van der Waals surface area contributed by atoms with E-state index in [1.165, 1.54) is 84.0 Å². The third-order valence-corrected chi connectivity index (χ3v) is 7.61. The highest BCUT2D eigenvalue weighted by atomic mass is 32.1. The Morgan fingerprint density at radius 2 is 1.56 bits per heavy atom. The maximum atomic E-state index is 5.03. The summed E-state index contributed by atoms with van der Waals surface area (Å²) in [6, 6.07) is 11.3. The zero-order valence-electron chi connectivity index (χ0n) is 20.9. The van der Waals surface area contributed by atoms with Crippen molar-refractivity contribution in [1.29, 1.82) is 0 Å². The molecule has 0 fully saturated rings. The van der Waals surface area contributed by atoms with Crippen molar-refractivity contribution in [2.75, 3.05) is 32.6 Å². The lowest BCUT2D eigenvalue weighted by atomic mass is 10.0. The van der Waals surface area contributed by atoms with Crippen molar-refractivity contribution in [3.05, 3.63) is 41.3 Å². The minimum absolute atomic E-state index is 1.02. The molecule has 1 aliphatic heterocycles. The number of rotatable bonds is 12. The molecule has 0 atom stereocenters. The first-order chi connectivity index (χ1) is 15.5. The first-order valence-electron chi connectivity index (χ1n) is 12.6. The third kappa shape index (κ3) is 6.54. The average Bonchev–Trinajstić information content (AvgIpc) is 2.80. The van der Waals surface area contributed by atoms with Crippen LogP contribution in [0.25, 0.3) is 20.8 Å². The van der Waals surface area contributed by atoms with Crippen molar-refractivity contribution in [2.45, 2.75) is 78.1 Å². The molecule has 4 heteroatoms. The lowest BCUT2D eigenvalue weighted by molar-refractivity contribution is 0.563. The van der Waals surface area contributed by atoms with Crippen LogP contribution in [-0.4, -0.2) is 32.7 Å². The highest BCUT2D eigenvalue weighted by Crippen LogP contribution is 2.32. The molecule has 174 valence electrons. The molecule has 1 aliphatic carbocycles. The van der Waals surface area contributed by atoms with E-state index in [-0.39, 0.29) is 0 Å². The van der Waals surface area contributed by atoms with E-state index >= 15 is 0 Å². The SMILES string of the molecule is CCCCCCCCCCCc1cc2nc3ccc(N(C)C)cc3sc-2c/c1=[N+](/C)CC.